The van der Waals surface area contributed by atoms with Gasteiger partial charge in [0.25, 0.3) is 0 Å². The van der Waals surface area contributed by atoms with Crippen molar-refractivity contribution in [3.63, 3.8) is 0 Å². The van der Waals surface area contributed by atoms with Crippen LogP contribution in [0.5, 0.6) is 0 Å². The number of nitrogens with zero attached hydrogens (tertiary/aromatic N) is 1. The molecule has 2 aliphatic rings. The predicted molar refractivity (Wildman–Crippen MR) is 76.8 cm³/mol. The van der Waals surface area contributed by atoms with E-state index in [0.29, 0.717) is 6.54 Å². The molecule has 6 heteroatoms. The van der Waals surface area contributed by atoms with Crippen LogP contribution < -0.4 is 0 Å². The normalized spacial score (nSPS) is 32.7. The Labute approximate surface area is 125 Å². The average Bonchev–Trinajstić information content (AvgIpc) is 2.77. The largest absolute Gasteiger partial charge is 0.444 e. The van der Waals surface area contributed by atoms with Crippen molar-refractivity contribution in [2.45, 2.75) is 70.4 Å². The Balaban J connectivity index is 2.19. The number of carbonyl (C=O) groups excluding carboxylic acids is 1. The maximum atomic E-state index is 12.3. The van der Waals surface area contributed by atoms with Gasteiger partial charge in [0, 0.05) is 0 Å². The number of aliphatic hydroxyl groups is 1. The molecular formula is C15H25NO5. The summed E-state index contributed by atoms with van der Waals surface area (Å²) in [5.74, 6) is -0.714. The molecule has 6 nitrogen and oxygen atoms in total. The molecule has 2 heterocycles. The van der Waals surface area contributed by atoms with E-state index in [1.54, 1.807) is 20.8 Å². The van der Waals surface area contributed by atoms with Crippen LogP contribution in [0.1, 0.15) is 34.6 Å². The molecule has 0 radical (unpaired) electrons. The lowest BCUT2D eigenvalue weighted by atomic mass is 10.0. The van der Waals surface area contributed by atoms with Crippen molar-refractivity contribution in [2.75, 3.05) is 6.54 Å². The Bertz CT molecular complexity index is 428. The van der Waals surface area contributed by atoms with Gasteiger partial charge in [-0.15, -0.1) is 6.58 Å². The molecule has 0 aliphatic carbocycles. The smallest absolute Gasteiger partial charge is 0.410 e. The molecule has 0 bridgehead atoms. The highest BCUT2D eigenvalue weighted by Crippen LogP contribution is 2.38. The molecule has 120 valence electrons. The molecule has 0 aromatic rings. The van der Waals surface area contributed by atoms with Crippen molar-refractivity contribution < 1.29 is 24.1 Å². The van der Waals surface area contributed by atoms with Crippen molar-refractivity contribution in [2.24, 2.45) is 0 Å². The number of fused-ring (bicyclic) bond motifs is 1. The molecule has 2 saturated heterocycles. The topological polar surface area (TPSA) is 68.2 Å². The standard InChI is InChI=1S/C15H25NO5/c1-7-9(17)11-12-10(19-15(5,6)20-12)8-16(11)13(18)21-14(2,3)4/h7,9-12,17H,1,8H2,2-6H3/t9-,10+,11+,12+/m0/s1. The lowest BCUT2D eigenvalue weighted by Crippen LogP contribution is -2.49. The molecule has 2 rings (SSSR count). The van der Waals surface area contributed by atoms with Crippen LogP contribution in [0, 0.1) is 0 Å². The summed E-state index contributed by atoms with van der Waals surface area (Å²) in [6, 6.07) is -0.552. The summed E-state index contributed by atoms with van der Waals surface area (Å²) in [5, 5.41) is 10.2. The number of hydrogen-bond acceptors (Lipinski definition) is 5. The molecule has 2 fully saturated rings. The molecule has 0 unspecified atom stereocenters. The van der Waals surface area contributed by atoms with Gasteiger partial charge in [-0.25, -0.2) is 4.79 Å². The van der Waals surface area contributed by atoms with E-state index in [9.17, 15) is 9.90 Å². The SMILES string of the molecule is C=C[C@H](O)[C@@H]1[C@@H]2OC(C)(C)O[C@@H]2CN1C(=O)OC(C)(C)C. The third kappa shape index (κ3) is 3.39. The van der Waals surface area contributed by atoms with Gasteiger partial charge in [0.2, 0.25) is 0 Å². The number of ether oxygens (including phenoxy) is 3. The first-order chi connectivity index (χ1) is 9.54. The zero-order valence-corrected chi connectivity index (χ0v) is 13.3. The maximum absolute atomic E-state index is 12.3. The highest BCUT2D eigenvalue weighted by molar-refractivity contribution is 5.69. The summed E-state index contributed by atoms with van der Waals surface area (Å²) in [6.45, 7) is 13.0. The van der Waals surface area contributed by atoms with Crippen LogP contribution in [0.3, 0.4) is 0 Å². The molecule has 2 aliphatic heterocycles. The minimum atomic E-state index is -0.898. The molecule has 0 saturated carbocycles. The van der Waals surface area contributed by atoms with Gasteiger partial charge in [-0.2, -0.15) is 0 Å². The van der Waals surface area contributed by atoms with Crippen molar-refractivity contribution in [1.29, 1.82) is 0 Å². The molecule has 1 amide bonds. The lowest BCUT2D eigenvalue weighted by molar-refractivity contribution is -0.164. The average molecular weight is 299 g/mol. The third-order valence-corrected chi connectivity index (χ3v) is 3.51. The zero-order chi connectivity index (χ0) is 16.0. The first-order valence-corrected chi connectivity index (χ1v) is 7.20. The molecule has 21 heavy (non-hydrogen) atoms. The quantitative estimate of drug-likeness (QED) is 0.786. The van der Waals surface area contributed by atoms with Gasteiger partial charge in [0.1, 0.15) is 17.8 Å². The molecule has 1 N–H and O–H groups in total. The van der Waals surface area contributed by atoms with Gasteiger partial charge in [-0.1, -0.05) is 6.08 Å². The Morgan fingerprint density at radius 1 is 1.48 bits per heavy atom. The predicted octanol–water partition coefficient (Wildman–Crippen LogP) is 1.67. The maximum Gasteiger partial charge on any atom is 0.410 e. The highest BCUT2D eigenvalue weighted by Gasteiger charge is 2.56. The molecule has 0 aromatic heterocycles. The Kier molecular flexibility index (Phi) is 4.08. The van der Waals surface area contributed by atoms with Crippen molar-refractivity contribution in [1.82, 2.24) is 4.90 Å². The summed E-state index contributed by atoms with van der Waals surface area (Å²) in [7, 11) is 0. The molecule has 0 spiro atoms. The van der Waals surface area contributed by atoms with E-state index in [0.717, 1.165) is 0 Å². The van der Waals surface area contributed by atoms with Crippen LogP contribution in [0.25, 0.3) is 0 Å². The van der Waals surface area contributed by atoms with Crippen molar-refractivity contribution in [3.05, 3.63) is 12.7 Å². The number of carbonyl (C=O) groups is 1. The Morgan fingerprint density at radius 2 is 2.10 bits per heavy atom. The second-order valence-electron chi connectivity index (χ2n) is 6.99. The number of amides is 1. The fourth-order valence-electron chi connectivity index (χ4n) is 2.82. The fourth-order valence-corrected chi connectivity index (χ4v) is 2.82. The minimum Gasteiger partial charge on any atom is -0.444 e. The second-order valence-corrected chi connectivity index (χ2v) is 6.99. The van der Waals surface area contributed by atoms with Gasteiger partial charge >= 0.3 is 6.09 Å². The van der Waals surface area contributed by atoms with Crippen LogP contribution in [-0.4, -0.2) is 58.4 Å². The number of rotatable bonds is 2. The van der Waals surface area contributed by atoms with Gasteiger partial charge in [0.05, 0.1) is 18.7 Å². The highest BCUT2D eigenvalue weighted by atomic mass is 16.8. The second kappa shape index (κ2) is 5.26. The van der Waals surface area contributed by atoms with Crippen LogP contribution in [-0.2, 0) is 14.2 Å². The van der Waals surface area contributed by atoms with E-state index in [1.165, 1.54) is 11.0 Å². The Morgan fingerprint density at radius 3 is 2.62 bits per heavy atom. The summed E-state index contributed by atoms with van der Waals surface area (Å²) < 4.78 is 17.0. The van der Waals surface area contributed by atoms with Crippen LogP contribution in [0.4, 0.5) is 4.79 Å². The summed E-state index contributed by atoms with van der Waals surface area (Å²) in [5.41, 5.74) is -0.598. The summed E-state index contributed by atoms with van der Waals surface area (Å²) >= 11 is 0. The van der Waals surface area contributed by atoms with Gasteiger partial charge in [-0.3, -0.25) is 4.90 Å². The van der Waals surface area contributed by atoms with Gasteiger partial charge < -0.3 is 19.3 Å². The first-order valence-electron chi connectivity index (χ1n) is 7.20. The first kappa shape index (κ1) is 16.3. The van der Waals surface area contributed by atoms with E-state index < -0.39 is 29.6 Å². The molecule has 4 atom stereocenters. The van der Waals surface area contributed by atoms with Gasteiger partial charge in [-0.05, 0) is 34.6 Å². The van der Waals surface area contributed by atoms with Gasteiger partial charge in [0.15, 0.2) is 5.79 Å². The zero-order valence-electron chi connectivity index (χ0n) is 13.3. The molecular weight excluding hydrogens is 274 g/mol. The van der Waals surface area contributed by atoms with E-state index in [4.69, 9.17) is 14.2 Å². The lowest BCUT2D eigenvalue weighted by Gasteiger charge is -2.33. The van der Waals surface area contributed by atoms with Crippen molar-refractivity contribution in [3.8, 4) is 0 Å². The Hall–Kier alpha value is -1.11. The monoisotopic (exact) mass is 299 g/mol. The number of likely N-dealkylation sites (tertiary alicyclic amines) is 1. The minimum absolute atomic E-state index is 0.271. The number of aliphatic hydroxyl groups excluding tert-OH is 1. The summed E-state index contributed by atoms with van der Waals surface area (Å²) in [4.78, 5) is 13.8. The molecule has 0 aromatic carbocycles. The third-order valence-electron chi connectivity index (χ3n) is 3.51. The van der Waals surface area contributed by atoms with Crippen LogP contribution >= 0.6 is 0 Å². The van der Waals surface area contributed by atoms with E-state index in [1.807, 2.05) is 13.8 Å². The van der Waals surface area contributed by atoms with E-state index in [-0.39, 0.29) is 12.2 Å². The van der Waals surface area contributed by atoms with Crippen LogP contribution in [0.2, 0.25) is 0 Å². The number of hydrogen-bond donors (Lipinski definition) is 1. The van der Waals surface area contributed by atoms with Crippen LogP contribution in [0.15, 0.2) is 12.7 Å². The van der Waals surface area contributed by atoms with E-state index in [2.05, 4.69) is 6.58 Å². The summed E-state index contributed by atoms with van der Waals surface area (Å²) in [6.07, 6.45) is -0.635. The van der Waals surface area contributed by atoms with Crippen molar-refractivity contribution >= 4 is 6.09 Å². The van der Waals surface area contributed by atoms with E-state index >= 15 is 0 Å². The fraction of sp³-hybridized carbons (Fsp3) is 0.800.